The van der Waals surface area contributed by atoms with Crippen LogP contribution in [0.15, 0.2) is 67.1 Å². The zero-order valence-corrected chi connectivity index (χ0v) is 13.7. The molecule has 0 fully saturated rings. The lowest BCUT2D eigenvalue weighted by Gasteiger charge is -2.08. The van der Waals surface area contributed by atoms with E-state index >= 15 is 0 Å². The molecule has 7 nitrogen and oxygen atoms in total. The quantitative estimate of drug-likeness (QED) is 0.737. The van der Waals surface area contributed by atoms with Crippen molar-refractivity contribution in [3.05, 3.63) is 78.2 Å². The Balaban J connectivity index is 1.52. The molecular formula is C19H15N5O2. The van der Waals surface area contributed by atoms with Crippen LogP contribution in [0.3, 0.4) is 0 Å². The van der Waals surface area contributed by atoms with E-state index in [-0.39, 0.29) is 6.03 Å². The summed E-state index contributed by atoms with van der Waals surface area (Å²) in [4.78, 5) is 20.0. The van der Waals surface area contributed by atoms with Gasteiger partial charge in [0.2, 0.25) is 5.88 Å². The maximum absolute atomic E-state index is 11.9. The van der Waals surface area contributed by atoms with Crippen molar-refractivity contribution in [2.45, 2.75) is 6.54 Å². The Morgan fingerprint density at radius 1 is 1.12 bits per heavy atom. The molecule has 0 radical (unpaired) electrons. The number of aromatic nitrogens is 2. The maximum Gasteiger partial charge on any atom is 0.319 e. The normalized spacial score (nSPS) is 9.81. The van der Waals surface area contributed by atoms with Crippen LogP contribution in [-0.2, 0) is 6.54 Å². The lowest BCUT2D eigenvalue weighted by Crippen LogP contribution is -2.28. The third-order valence-corrected chi connectivity index (χ3v) is 3.38. The topological polar surface area (TPSA) is 99.9 Å². The number of nitrogens with zero attached hydrogens (tertiary/aromatic N) is 3. The van der Waals surface area contributed by atoms with Gasteiger partial charge in [-0.2, -0.15) is 5.26 Å². The number of hydrogen-bond acceptors (Lipinski definition) is 5. The molecule has 0 aliphatic carbocycles. The van der Waals surface area contributed by atoms with Gasteiger partial charge in [-0.05, 0) is 42.0 Å². The number of amides is 2. The third kappa shape index (κ3) is 4.79. The third-order valence-electron chi connectivity index (χ3n) is 3.38. The molecule has 0 atom stereocenters. The van der Waals surface area contributed by atoms with Gasteiger partial charge >= 0.3 is 6.03 Å². The molecule has 0 saturated heterocycles. The van der Waals surface area contributed by atoms with Gasteiger partial charge in [-0.15, -0.1) is 0 Å². The number of urea groups is 1. The second kappa shape index (κ2) is 8.26. The first-order valence-corrected chi connectivity index (χ1v) is 7.81. The van der Waals surface area contributed by atoms with Crippen LogP contribution in [0.1, 0.15) is 11.1 Å². The van der Waals surface area contributed by atoms with E-state index in [4.69, 9.17) is 10.00 Å². The van der Waals surface area contributed by atoms with Gasteiger partial charge in [0.1, 0.15) is 5.75 Å². The first kappa shape index (κ1) is 16.9. The van der Waals surface area contributed by atoms with Crippen molar-refractivity contribution >= 4 is 11.7 Å². The van der Waals surface area contributed by atoms with Gasteiger partial charge in [0.25, 0.3) is 0 Å². The second-order valence-electron chi connectivity index (χ2n) is 5.29. The van der Waals surface area contributed by atoms with Crippen LogP contribution in [-0.4, -0.2) is 16.0 Å². The minimum Gasteiger partial charge on any atom is -0.439 e. The van der Waals surface area contributed by atoms with Crippen LogP contribution in [0.2, 0.25) is 0 Å². The lowest BCUT2D eigenvalue weighted by atomic mass is 10.2. The highest BCUT2D eigenvalue weighted by molar-refractivity contribution is 5.88. The Bertz CT molecular complexity index is 903. The number of carbonyl (C=O) groups is 1. The van der Waals surface area contributed by atoms with Crippen LogP contribution >= 0.6 is 0 Å². The number of carbonyl (C=O) groups excluding carboxylic acids is 1. The lowest BCUT2D eigenvalue weighted by molar-refractivity contribution is 0.251. The molecule has 0 spiro atoms. The number of nitrogens with one attached hydrogen (secondary N) is 2. The van der Waals surface area contributed by atoms with Gasteiger partial charge in [0, 0.05) is 25.0 Å². The molecule has 0 aliphatic rings. The number of nitriles is 1. The minimum absolute atomic E-state index is 0.337. The number of anilines is 1. The predicted molar refractivity (Wildman–Crippen MR) is 95.6 cm³/mol. The highest BCUT2D eigenvalue weighted by Crippen LogP contribution is 2.20. The monoisotopic (exact) mass is 345 g/mol. The fourth-order valence-corrected chi connectivity index (χ4v) is 2.09. The Labute approximate surface area is 150 Å². The molecule has 3 rings (SSSR count). The Kier molecular flexibility index (Phi) is 5.38. The average molecular weight is 345 g/mol. The van der Waals surface area contributed by atoms with Crippen molar-refractivity contribution < 1.29 is 9.53 Å². The van der Waals surface area contributed by atoms with Gasteiger partial charge < -0.3 is 15.4 Å². The fraction of sp³-hybridized carbons (Fsp3) is 0.0526. The molecule has 2 aromatic heterocycles. The number of rotatable bonds is 5. The molecule has 2 N–H and O–H groups in total. The first-order valence-electron chi connectivity index (χ1n) is 7.81. The molecule has 0 aliphatic heterocycles. The van der Waals surface area contributed by atoms with E-state index in [1.807, 2.05) is 18.2 Å². The summed E-state index contributed by atoms with van der Waals surface area (Å²) >= 11 is 0. The second-order valence-corrected chi connectivity index (χ2v) is 5.29. The minimum atomic E-state index is -0.337. The van der Waals surface area contributed by atoms with E-state index in [1.165, 1.54) is 6.20 Å². The maximum atomic E-state index is 11.9. The van der Waals surface area contributed by atoms with Crippen LogP contribution in [0, 0.1) is 11.3 Å². The number of ether oxygens (including phenoxy) is 1. The van der Waals surface area contributed by atoms with Crippen LogP contribution in [0.25, 0.3) is 0 Å². The molecular weight excluding hydrogens is 330 g/mol. The highest BCUT2D eigenvalue weighted by Gasteiger charge is 2.04. The standard InChI is InChI=1S/C19H15N5O2/c20-10-14-3-6-17(7-4-14)26-18-8-5-16(13-22-18)24-19(25)23-12-15-2-1-9-21-11-15/h1-9,11,13H,12H2,(H2,23,24,25). The molecule has 128 valence electrons. The van der Waals surface area contributed by atoms with Crippen molar-refractivity contribution in [2.75, 3.05) is 5.32 Å². The summed E-state index contributed by atoms with van der Waals surface area (Å²) in [6, 6.07) is 15.4. The molecule has 7 heteroatoms. The largest absolute Gasteiger partial charge is 0.439 e. The van der Waals surface area contributed by atoms with Crippen molar-refractivity contribution in [3.8, 4) is 17.7 Å². The summed E-state index contributed by atoms with van der Waals surface area (Å²) in [5.41, 5.74) is 2.01. The van der Waals surface area contributed by atoms with E-state index in [0.717, 1.165) is 5.56 Å². The summed E-state index contributed by atoms with van der Waals surface area (Å²) in [7, 11) is 0. The van der Waals surface area contributed by atoms with Crippen LogP contribution < -0.4 is 15.4 Å². The Morgan fingerprint density at radius 2 is 1.96 bits per heavy atom. The number of hydrogen-bond donors (Lipinski definition) is 2. The SMILES string of the molecule is N#Cc1ccc(Oc2ccc(NC(=O)NCc3cccnc3)cn2)cc1. The molecule has 0 bridgehead atoms. The van der Waals surface area contributed by atoms with Gasteiger partial charge in [0.05, 0.1) is 23.5 Å². The van der Waals surface area contributed by atoms with E-state index in [1.54, 1.807) is 48.8 Å². The Morgan fingerprint density at radius 3 is 2.62 bits per heavy atom. The summed E-state index contributed by atoms with van der Waals surface area (Å²) in [5.74, 6) is 0.961. The summed E-state index contributed by atoms with van der Waals surface area (Å²) in [5, 5.41) is 14.2. The molecule has 26 heavy (non-hydrogen) atoms. The zero-order valence-electron chi connectivity index (χ0n) is 13.7. The highest BCUT2D eigenvalue weighted by atomic mass is 16.5. The predicted octanol–water partition coefficient (Wildman–Crippen LogP) is 3.46. The van der Waals surface area contributed by atoms with Crippen LogP contribution in [0.5, 0.6) is 11.6 Å². The molecule has 2 amide bonds. The van der Waals surface area contributed by atoms with Gasteiger partial charge in [-0.25, -0.2) is 9.78 Å². The summed E-state index contributed by atoms with van der Waals surface area (Å²) in [6.07, 6.45) is 4.87. The van der Waals surface area contributed by atoms with Crippen molar-refractivity contribution in [3.63, 3.8) is 0 Å². The van der Waals surface area contributed by atoms with Gasteiger partial charge in [-0.1, -0.05) is 6.07 Å². The smallest absolute Gasteiger partial charge is 0.319 e. The van der Waals surface area contributed by atoms with Crippen LogP contribution in [0.4, 0.5) is 10.5 Å². The van der Waals surface area contributed by atoms with E-state index < -0.39 is 0 Å². The van der Waals surface area contributed by atoms with E-state index in [0.29, 0.717) is 29.4 Å². The molecule has 2 heterocycles. The average Bonchev–Trinajstić information content (AvgIpc) is 2.69. The van der Waals surface area contributed by atoms with Crippen molar-refractivity contribution in [1.82, 2.24) is 15.3 Å². The van der Waals surface area contributed by atoms with Gasteiger partial charge in [-0.3, -0.25) is 4.98 Å². The van der Waals surface area contributed by atoms with Crippen molar-refractivity contribution in [1.29, 1.82) is 5.26 Å². The molecule has 3 aromatic rings. The first-order chi connectivity index (χ1) is 12.7. The van der Waals surface area contributed by atoms with Gasteiger partial charge in [0.15, 0.2) is 0 Å². The Hall–Kier alpha value is -3.92. The van der Waals surface area contributed by atoms with Crippen molar-refractivity contribution in [2.24, 2.45) is 0 Å². The fourth-order valence-electron chi connectivity index (χ4n) is 2.09. The molecule has 0 unspecified atom stereocenters. The number of benzene rings is 1. The van der Waals surface area contributed by atoms with E-state index in [9.17, 15) is 4.79 Å². The summed E-state index contributed by atoms with van der Waals surface area (Å²) in [6.45, 7) is 0.382. The molecule has 0 saturated carbocycles. The van der Waals surface area contributed by atoms with E-state index in [2.05, 4.69) is 20.6 Å². The molecule has 1 aromatic carbocycles. The zero-order chi connectivity index (χ0) is 18.2. The summed E-state index contributed by atoms with van der Waals surface area (Å²) < 4.78 is 5.59. The number of pyridine rings is 2.